The van der Waals surface area contributed by atoms with Gasteiger partial charge in [-0.1, -0.05) is 41.5 Å². The number of hydrogen-bond donors (Lipinski definition) is 2. The normalized spacial score (nSPS) is 19.0. The van der Waals surface area contributed by atoms with Crippen LogP contribution in [0.2, 0.25) is 0 Å². The second kappa shape index (κ2) is 8.92. The van der Waals surface area contributed by atoms with Crippen LogP contribution in [0.3, 0.4) is 0 Å². The molecule has 0 radical (unpaired) electrons. The van der Waals surface area contributed by atoms with Crippen molar-refractivity contribution in [1.29, 1.82) is 0 Å². The van der Waals surface area contributed by atoms with Crippen molar-refractivity contribution in [3.05, 3.63) is 0 Å². The predicted molar refractivity (Wildman–Crippen MR) is 78.5 cm³/mol. The molecule has 2 nitrogen and oxygen atoms in total. The zero-order valence-corrected chi connectivity index (χ0v) is 13.2. The average molecular weight is 258 g/mol. The molecule has 0 fully saturated rings. The minimum atomic E-state index is -0.198. The molecule has 0 aromatic carbocycles. The molecule has 4 unspecified atom stereocenters. The first-order valence-electron chi connectivity index (χ1n) is 7.71. The maximum absolute atomic E-state index is 10.1. The largest absolute Gasteiger partial charge is 0.393 e. The van der Waals surface area contributed by atoms with Gasteiger partial charge >= 0.3 is 0 Å². The van der Waals surface area contributed by atoms with Gasteiger partial charge in [-0.15, -0.1) is 0 Å². The van der Waals surface area contributed by atoms with Crippen molar-refractivity contribution < 1.29 is 10.2 Å². The van der Waals surface area contributed by atoms with Crippen molar-refractivity contribution in [2.24, 2.45) is 23.7 Å². The number of hydrogen-bond acceptors (Lipinski definition) is 2. The molecule has 0 saturated heterocycles. The highest BCUT2D eigenvalue weighted by Crippen LogP contribution is 2.29. The Kier molecular flexibility index (Phi) is 8.89. The number of aliphatic hydroxyl groups is 2. The van der Waals surface area contributed by atoms with E-state index in [0.29, 0.717) is 23.7 Å². The van der Waals surface area contributed by atoms with E-state index in [-0.39, 0.29) is 12.2 Å². The van der Waals surface area contributed by atoms with Gasteiger partial charge in [0.25, 0.3) is 0 Å². The molecule has 0 heterocycles. The molecular weight excluding hydrogens is 224 g/mol. The van der Waals surface area contributed by atoms with E-state index in [4.69, 9.17) is 0 Å². The van der Waals surface area contributed by atoms with Gasteiger partial charge in [0.05, 0.1) is 12.2 Å². The number of aliphatic hydroxyl groups excluding tert-OH is 2. The fourth-order valence-corrected chi connectivity index (χ4v) is 2.93. The molecule has 0 spiro atoms. The zero-order valence-electron chi connectivity index (χ0n) is 13.2. The van der Waals surface area contributed by atoms with Crippen LogP contribution in [0.25, 0.3) is 0 Å². The van der Waals surface area contributed by atoms with Gasteiger partial charge in [-0.05, 0) is 49.4 Å². The topological polar surface area (TPSA) is 40.5 Å². The molecule has 0 aliphatic carbocycles. The summed E-state index contributed by atoms with van der Waals surface area (Å²) in [6.45, 7) is 12.8. The summed E-state index contributed by atoms with van der Waals surface area (Å²) in [5, 5.41) is 20.1. The van der Waals surface area contributed by atoms with Crippen LogP contribution in [0.15, 0.2) is 0 Å². The Bertz CT molecular complexity index is 179. The Morgan fingerprint density at radius 1 is 0.667 bits per heavy atom. The lowest BCUT2D eigenvalue weighted by atomic mass is 9.78. The Hall–Kier alpha value is -0.0800. The third-order valence-electron chi connectivity index (χ3n) is 4.37. The minimum absolute atomic E-state index is 0.198. The van der Waals surface area contributed by atoms with E-state index in [1.165, 1.54) is 0 Å². The van der Waals surface area contributed by atoms with Crippen molar-refractivity contribution in [2.45, 2.75) is 79.4 Å². The molecule has 0 bridgehead atoms. The Labute approximate surface area is 114 Å². The van der Waals surface area contributed by atoms with Crippen LogP contribution in [0, 0.1) is 23.7 Å². The zero-order chi connectivity index (χ0) is 14.3. The summed E-state index contributed by atoms with van der Waals surface area (Å²) in [7, 11) is 0. The second-order valence-electron chi connectivity index (χ2n) is 6.34. The first kappa shape index (κ1) is 17.9. The third kappa shape index (κ3) is 5.71. The summed E-state index contributed by atoms with van der Waals surface area (Å²) in [6, 6.07) is 0. The van der Waals surface area contributed by atoms with Crippen molar-refractivity contribution in [1.82, 2.24) is 0 Å². The van der Waals surface area contributed by atoms with E-state index in [2.05, 4.69) is 27.7 Å². The van der Waals surface area contributed by atoms with Gasteiger partial charge in [-0.2, -0.15) is 0 Å². The van der Waals surface area contributed by atoms with E-state index in [1.807, 2.05) is 13.8 Å². The summed E-state index contributed by atoms with van der Waals surface area (Å²) in [6.07, 6.45) is 3.30. The monoisotopic (exact) mass is 258 g/mol. The van der Waals surface area contributed by atoms with E-state index in [0.717, 1.165) is 25.7 Å². The quantitative estimate of drug-likeness (QED) is 0.659. The van der Waals surface area contributed by atoms with Crippen LogP contribution in [-0.2, 0) is 0 Å². The van der Waals surface area contributed by atoms with Gasteiger partial charge in [0.2, 0.25) is 0 Å². The van der Waals surface area contributed by atoms with Crippen LogP contribution in [-0.4, -0.2) is 22.4 Å². The lowest BCUT2D eigenvalue weighted by molar-refractivity contribution is 0.0410. The number of rotatable bonds is 9. The first-order chi connectivity index (χ1) is 8.34. The Morgan fingerprint density at radius 3 is 1.11 bits per heavy atom. The molecule has 0 aliphatic heterocycles. The van der Waals surface area contributed by atoms with Crippen LogP contribution in [0.4, 0.5) is 0 Å². The molecule has 110 valence electrons. The summed E-state index contributed by atoms with van der Waals surface area (Å²) in [4.78, 5) is 0. The van der Waals surface area contributed by atoms with E-state index in [9.17, 15) is 10.2 Å². The van der Waals surface area contributed by atoms with Crippen LogP contribution < -0.4 is 0 Å². The molecule has 0 aromatic heterocycles. The highest BCUT2D eigenvalue weighted by Gasteiger charge is 2.26. The first-order valence-corrected chi connectivity index (χ1v) is 7.71. The fourth-order valence-electron chi connectivity index (χ4n) is 2.93. The van der Waals surface area contributed by atoms with E-state index < -0.39 is 0 Å². The molecule has 2 N–H and O–H groups in total. The average Bonchev–Trinajstić information content (AvgIpc) is 2.31. The second-order valence-corrected chi connectivity index (χ2v) is 6.34. The van der Waals surface area contributed by atoms with Crippen molar-refractivity contribution in [2.75, 3.05) is 0 Å². The van der Waals surface area contributed by atoms with Gasteiger partial charge in [0.1, 0.15) is 0 Å². The smallest absolute Gasteiger partial charge is 0.0568 e. The van der Waals surface area contributed by atoms with Gasteiger partial charge in [-0.3, -0.25) is 0 Å². The summed E-state index contributed by atoms with van der Waals surface area (Å²) in [5.41, 5.74) is 0. The summed E-state index contributed by atoms with van der Waals surface area (Å²) in [5.74, 6) is 1.73. The van der Waals surface area contributed by atoms with Crippen molar-refractivity contribution >= 4 is 0 Å². The molecule has 0 amide bonds. The standard InChI is InChI=1S/C16H34O2/c1-7-15(17)13(11(3)4)9-10-14(12(5)6)16(18)8-2/h11-18H,7-10H2,1-6H3. The van der Waals surface area contributed by atoms with Crippen LogP contribution in [0.1, 0.15) is 67.2 Å². The lowest BCUT2D eigenvalue weighted by Gasteiger charge is -2.31. The van der Waals surface area contributed by atoms with Crippen molar-refractivity contribution in [3.63, 3.8) is 0 Å². The molecule has 0 saturated carbocycles. The summed E-state index contributed by atoms with van der Waals surface area (Å²) < 4.78 is 0. The van der Waals surface area contributed by atoms with E-state index >= 15 is 0 Å². The van der Waals surface area contributed by atoms with Gasteiger partial charge < -0.3 is 10.2 Å². The molecule has 0 aromatic rings. The molecule has 2 heteroatoms. The van der Waals surface area contributed by atoms with Crippen LogP contribution >= 0.6 is 0 Å². The van der Waals surface area contributed by atoms with Crippen LogP contribution in [0.5, 0.6) is 0 Å². The van der Waals surface area contributed by atoms with E-state index in [1.54, 1.807) is 0 Å². The minimum Gasteiger partial charge on any atom is -0.393 e. The van der Waals surface area contributed by atoms with Gasteiger partial charge in [0.15, 0.2) is 0 Å². The maximum atomic E-state index is 10.1. The molecule has 0 aliphatic rings. The van der Waals surface area contributed by atoms with Gasteiger partial charge in [-0.25, -0.2) is 0 Å². The highest BCUT2D eigenvalue weighted by molar-refractivity contribution is 4.76. The SMILES string of the molecule is CCC(O)C(CCC(C(C)C)C(O)CC)C(C)C. The van der Waals surface area contributed by atoms with Gasteiger partial charge in [0, 0.05) is 0 Å². The molecule has 4 atom stereocenters. The maximum Gasteiger partial charge on any atom is 0.0568 e. The lowest BCUT2D eigenvalue weighted by Crippen LogP contribution is -2.29. The third-order valence-corrected chi connectivity index (χ3v) is 4.37. The Balaban J connectivity index is 4.46. The fraction of sp³-hybridized carbons (Fsp3) is 1.00. The molecular formula is C16H34O2. The summed E-state index contributed by atoms with van der Waals surface area (Å²) >= 11 is 0. The predicted octanol–water partition coefficient (Wildman–Crippen LogP) is 3.85. The highest BCUT2D eigenvalue weighted by atomic mass is 16.3. The Morgan fingerprint density at radius 2 is 0.944 bits per heavy atom. The molecule has 0 rings (SSSR count). The molecule has 18 heavy (non-hydrogen) atoms. The van der Waals surface area contributed by atoms with Crippen molar-refractivity contribution in [3.8, 4) is 0 Å².